The van der Waals surface area contributed by atoms with Crippen LogP contribution in [0, 0.1) is 5.92 Å². The van der Waals surface area contributed by atoms with Crippen molar-refractivity contribution in [3.8, 4) is 0 Å². The van der Waals surface area contributed by atoms with Crippen molar-refractivity contribution in [1.29, 1.82) is 0 Å². The molecule has 0 aromatic heterocycles. The van der Waals surface area contributed by atoms with Gasteiger partial charge in [-0.3, -0.25) is 9.59 Å². The molecule has 1 saturated heterocycles. The number of carbonyl (C=O) groups is 2. The Balaban J connectivity index is 1.85. The molecule has 0 amide bonds. The van der Waals surface area contributed by atoms with Gasteiger partial charge in [0.15, 0.2) is 5.92 Å². The summed E-state index contributed by atoms with van der Waals surface area (Å²) in [6.45, 7) is 2.24. The molecule has 0 radical (unpaired) electrons. The van der Waals surface area contributed by atoms with Gasteiger partial charge >= 0.3 is 11.9 Å². The number of esters is 2. The van der Waals surface area contributed by atoms with Gasteiger partial charge < -0.3 is 4.74 Å². The molecule has 108 valence electrons. The van der Waals surface area contributed by atoms with Crippen LogP contribution in [0.3, 0.4) is 0 Å². The highest BCUT2D eigenvalue weighted by Crippen LogP contribution is 2.19. The van der Waals surface area contributed by atoms with Crippen molar-refractivity contribution in [3.05, 3.63) is 12.2 Å². The minimum Gasteiger partial charge on any atom is -0.392 e. The topological polar surface area (TPSA) is 43.4 Å². The van der Waals surface area contributed by atoms with Gasteiger partial charge in [-0.1, -0.05) is 64.0 Å². The minimum atomic E-state index is -0.519. The standard InChI is InChI=1S/C16H26O3/c1-2-3-4-5-6-7-8-9-10-11-12-13-14-15(17)19-16(14)18/h11-12,14H,2-10,13H2,1H3/b12-11+. The largest absolute Gasteiger partial charge is 0.392 e. The van der Waals surface area contributed by atoms with Gasteiger partial charge in [-0.2, -0.15) is 0 Å². The van der Waals surface area contributed by atoms with Crippen molar-refractivity contribution < 1.29 is 14.3 Å². The number of carbonyl (C=O) groups excluding carboxylic acids is 2. The summed E-state index contributed by atoms with van der Waals surface area (Å²) in [5.74, 6) is -1.27. The third-order valence-electron chi connectivity index (χ3n) is 3.53. The van der Waals surface area contributed by atoms with Crippen LogP contribution in [0.15, 0.2) is 12.2 Å². The van der Waals surface area contributed by atoms with E-state index >= 15 is 0 Å². The predicted octanol–water partition coefficient (Wildman–Crippen LogP) is 4.16. The average molecular weight is 266 g/mol. The predicted molar refractivity (Wildman–Crippen MR) is 75.6 cm³/mol. The molecule has 0 atom stereocenters. The van der Waals surface area contributed by atoms with Gasteiger partial charge in [0.25, 0.3) is 0 Å². The first-order valence-corrected chi connectivity index (χ1v) is 7.66. The highest BCUT2D eigenvalue weighted by Gasteiger charge is 2.40. The van der Waals surface area contributed by atoms with E-state index in [1.165, 1.54) is 51.4 Å². The van der Waals surface area contributed by atoms with Crippen LogP contribution in [0.2, 0.25) is 0 Å². The summed E-state index contributed by atoms with van der Waals surface area (Å²) in [7, 11) is 0. The first-order valence-electron chi connectivity index (χ1n) is 7.66. The maximum absolute atomic E-state index is 10.9. The summed E-state index contributed by atoms with van der Waals surface area (Å²) in [5.41, 5.74) is 0. The zero-order chi connectivity index (χ0) is 13.9. The molecule has 0 unspecified atom stereocenters. The van der Waals surface area contributed by atoms with Crippen molar-refractivity contribution in [2.24, 2.45) is 5.92 Å². The summed E-state index contributed by atoms with van der Waals surface area (Å²) in [4.78, 5) is 21.8. The second-order valence-corrected chi connectivity index (χ2v) is 5.26. The number of ether oxygens (including phenoxy) is 1. The van der Waals surface area contributed by atoms with Gasteiger partial charge in [0.05, 0.1) is 0 Å². The van der Waals surface area contributed by atoms with E-state index in [1.807, 2.05) is 6.08 Å². The Morgan fingerprint density at radius 1 is 0.895 bits per heavy atom. The molecule has 1 rings (SSSR count). The average Bonchev–Trinajstić information content (AvgIpc) is 2.40. The lowest BCUT2D eigenvalue weighted by molar-refractivity contribution is -0.183. The lowest BCUT2D eigenvalue weighted by atomic mass is 10.0. The van der Waals surface area contributed by atoms with Gasteiger partial charge in [-0.15, -0.1) is 0 Å². The molecule has 0 aromatic carbocycles. The third kappa shape index (κ3) is 6.55. The molecular weight excluding hydrogens is 240 g/mol. The zero-order valence-corrected chi connectivity index (χ0v) is 12.0. The Bertz CT molecular complexity index is 293. The van der Waals surface area contributed by atoms with Crippen LogP contribution in [0.5, 0.6) is 0 Å². The van der Waals surface area contributed by atoms with Gasteiger partial charge in [0.1, 0.15) is 0 Å². The lowest BCUT2D eigenvalue weighted by Gasteiger charge is -2.19. The second kappa shape index (κ2) is 9.76. The van der Waals surface area contributed by atoms with E-state index in [2.05, 4.69) is 17.7 Å². The molecule has 0 aliphatic carbocycles. The smallest absolute Gasteiger partial charge is 0.328 e. The Morgan fingerprint density at radius 3 is 2.05 bits per heavy atom. The Hall–Kier alpha value is -1.12. The first-order chi connectivity index (χ1) is 9.25. The van der Waals surface area contributed by atoms with E-state index < -0.39 is 5.92 Å². The van der Waals surface area contributed by atoms with E-state index in [0.29, 0.717) is 6.42 Å². The Labute approximate surface area is 116 Å². The maximum atomic E-state index is 10.9. The summed E-state index contributed by atoms with van der Waals surface area (Å²) in [6, 6.07) is 0. The van der Waals surface area contributed by atoms with Crippen molar-refractivity contribution in [2.75, 3.05) is 0 Å². The van der Waals surface area contributed by atoms with Crippen molar-refractivity contribution >= 4 is 11.9 Å². The van der Waals surface area contributed by atoms with Gasteiger partial charge in [0.2, 0.25) is 0 Å². The monoisotopic (exact) mass is 266 g/mol. The highest BCUT2D eigenvalue weighted by molar-refractivity contribution is 6.09. The molecule has 1 heterocycles. The molecule has 0 bridgehead atoms. The number of hydrogen-bond acceptors (Lipinski definition) is 3. The van der Waals surface area contributed by atoms with Crippen molar-refractivity contribution in [3.63, 3.8) is 0 Å². The molecule has 0 aromatic rings. The van der Waals surface area contributed by atoms with Gasteiger partial charge in [0, 0.05) is 0 Å². The van der Waals surface area contributed by atoms with E-state index in [0.717, 1.165) is 6.42 Å². The lowest BCUT2D eigenvalue weighted by Crippen LogP contribution is -2.40. The van der Waals surface area contributed by atoms with E-state index in [1.54, 1.807) is 0 Å². The molecule has 1 aliphatic rings. The fourth-order valence-corrected chi connectivity index (χ4v) is 2.22. The van der Waals surface area contributed by atoms with Crippen LogP contribution >= 0.6 is 0 Å². The molecule has 1 fully saturated rings. The fraction of sp³-hybridized carbons (Fsp3) is 0.750. The zero-order valence-electron chi connectivity index (χ0n) is 12.0. The number of cyclic esters (lactones) is 2. The quantitative estimate of drug-likeness (QED) is 0.244. The normalized spacial score (nSPS) is 15.8. The molecule has 0 N–H and O–H groups in total. The van der Waals surface area contributed by atoms with E-state index in [9.17, 15) is 9.59 Å². The molecule has 0 saturated carbocycles. The Kier molecular flexibility index (Phi) is 8.19. The number of rotatable bonds is 11. The van der Waals surface area contributed by atoms with E-state index in [-0.39, 0.29) is 11.9 Å². The molecule has 1 aliphatic heterocycles. The van der Waals surface area contributed by atoms with Crippen molar-refractivity contribution in [1.82, 2.24) is 0 Å². The number of allylic oxidation sites excluding steroid dienone is 2. The van der Waals surface area contributed by atoms with Crippen LogP contribution in [0.25, 0.3) is 0 Å². The molecular formula is C16H26O3. The van der Waals surface area contributed by atoms with Crippen LogP contribution < -0.4 is 0 Å². The number of hydrogen-bond donors (Lipinski definition) is 0. The van der Waals surface area contributed by atoms with Gasteiger partial charge in [-0.05, 0) is 19.3 Å². The Morgan fingerprint density at radius 2 is 1.47 bits per heavy atom. The van der Waals surface area contributed by atoms with Crippen LogP contribution in [-0.2, 0) is 14.3 Å². The highest BCUT2D eigenvalue weighted by atomic mass is 16.6. The molecule has 19 heavy (non-hydrogen) atoms. The minimum absolute atomic E-state index is 0.373. The molecule has 3 heteroatoms. The van der Waals surface area contributed by atoms with E-state index in [4.69, 9.17) is 0 Å². The fourth-order valence-electron chi connectivity index (χ4n) is 2.22. The van der Waals surface area contributed by atoms with Crippen LogP contribution in [-0.4, -0.2) is 11.9 Å². The third-order valence-corrected chi connectivity index (χ3v) is 3.53. The second-order valence-electron chi connectivity index (χ2n) is 5.26. The van der Waals surface area contributed by atoms with Crippen LogP contribution in [0.1, 0.15) is 71.1 Å². The first kappa shape index (κ1) is 15.9. The SMILES string of the molecule is CCCCCCCCCC/C=C/CC1C(=O)OC1=O. The summed E-state index contributed by atoms with van der Waals surface area (Å²) >= 11 is 0. The molecule has 3 nitrogen and oxygen atoms in total. The summed E-state index contributed by atoms with van der Waals surface area (Å²) in [5, 5.41) is 0. The number of unbranched alkanes of at least 4 members (excludes halogenated alkanes) is 8. The summed E-state index contributed by atoms with van der Waals surface area (Å²) < 4.78 is 4.29. The van der Waals surface area contributed by atoms with Crippen molar-refractivity contribution in [2.45, 2.75) is 71.1 Å². The van der Waals surface area contributed by atoms with Gasteiger partial charge in [-0.25, -0.2) is 0 Å². The maximum Gasteiger partial charge on any atom is 0.328 e. The summed E-state index contributed by atoms with van der Waals surface area (Å²) in [6.07, 6.45) is 16.1. The molecule has 0 spiro atoms. The van der Waals surface area contributed by atoms with Crippen LogP contribution in [0.4, 0.5) is 0 Å².